The standard InChI is InChI=1S/C13H14ClN5O9S2/c1-5(20)28-12-9(11(23)19(12)30(24,25)26)17-10(22)8(18-27-2)6-4-29-13(15-6)16-7(21)3-14/h4,9,12H,3H2,1-2H3,(H,17,22)(H,15,16,21)(H,24,25,26)/t9-,12+/m1/s1. The van der Waals surface area contributed by atoms with Gasteiger partial charge in [0.05, 0.1) is 0 Å². The molecule has 14 nitrogen and oxygen atoms in total. The number of aromatic nitrogens is 1. The Morgan fingerprint density at radius 1 is 1.43 bits per heavy atom. The summed E-state index contributed by atoms with van der Waals surface area (Å²) in [6.45, 7) is 0.938. The third kappa shape index (κ3) is 5.21. The van der Waals surface area contributed by atoms with Gasteiger partial charge >= 0.3 is 16.3 Å². The predicted molar refractivity (Wildman–Crippen MR) is 101 cm³/mol. The van der Waals surface area contributed by atoms with E-state index in [1.54, 1.807) is 0 Å². The van der Waals surface area contributed by atoms with Crippen molar-refractivity contribution in [1.82, 2.24) is 14.6 Å². The van der Waals surface area contributed by atoms with Gasteiger partial charge in [-0.2, -0.15) is 12.7 Å². The lowest BCUT2D eigenvalue weighted by Crippen LogP contribution is -2.73. The predicted octanol–water partition coefficient (Wildman–Crippen LogP) is -1.31. The minimum Gasteiger partial charge on any atom is -0.438 e. The first kappa shape index (κ1) is 23.5. The number of rotatable bonds is 8. The van der Waals surface area contributed by atoms with Crippen molar-refractivity contribution in [2.45, 2.75) is 19.2 Å². The molecule has 3 N–H and O–H groups in total. The lowest BCUT2D eigenvalue weighted by Gasteiger charge is -2.42. The number of halogens is 1. The summed E-state index contributed by atoms with van der Waals surface area (Å²) in [5, 5.41) is 9.45. The second-order valence-corrected chi connectivity index (χ2v) is 7.82. The van der Waals surface area contributed by atoms with Crippen LogP contribution >= 0.6 is 22.9 Å². The molecule has 0 aliphatic carbocycles. The molecule has 0 saturated carbocycles. The molecule has 2 atom stereocenters. The van der Waals surface area contributed by atoms with Gasteiger partial charge < -0.3 is 20.2 Å². The van der Waals surface area contributed by atoms with Crippen LogP contribution in [-0.4, -0.2) is 76.9 Å². The lowest BCUT2D eigenvalue weighted by atomic mass is 10.1. The number of amides is 3. The van der Waals surface area contributed by atoms with Gasteiger partial charge in [0, 0.05) is 12.3 Å². The normalized spacial score (nSPS) is 19.0. The summed E-state index contributed by atoms with van der Waals surface area (Å²) in [5.41, 5.74) is -0.480. The number of carbonyl (C=O) groups is 4. The lowest BCUT2D eigenvalue weighted by molar-refractivity contribution is -0.178. The molecule has 1 aliphatic heterocycles. The van der Waals surface area contributed by atoms with E-state index in [4.69, 9.17) is 16.2 Å². The van der Waals surface area contributed by atoms with E-state index in [-0.39, 0.29) is 21.0 Å². The summed E-state index contributed by atoms with van der Waals surface area (Å²) in [7, 11) is -3.90. The maximum atomic E-state index is 12.6. The molecule has 0 radical (unpaired) electrons. The van der Waals surface area contributed by atoms with Crippen molar-refractivity contribution in [3.05, 3.63) is 11.1 Å². The molecule has 3 amide bonds. The molecule has 2 heterocycles. The van der Waals surface area contributed by atoms with Gasteiger partial charge in [-0.05, 0) is 0 Å². The van der Waals surface area contributed by atoms with Crippen molar-refractivity contribution in [2.75, 3.05) is 18.3 Å². The number of hydrogen-bond donors (Lipinski definition) is 3. The number of nitrogens with one attached hydrogen (secondary N) is 2. The number of ether oxygens (including phenoxy) is 1. The fourth-order valence-corrected chi connectivity index (χ4v) is 3.75. The van der Waals surface area contributed by atoms with Crippen molar-refractivity contribution in [1.29, 1.82) is 0 Å². The van der Waals surface area contributed by atoms with Crippen molar-refractivity contribution < 1.29 is 41.7 Å². The van der Waals surface area contributed by atoms with Gasteiger partial charge in [-0.25, -0.2) is 4.98 Å². The Morgan fingerprint density at radius 2 is 2.10 bits per heavy atom. The van der Waals surface area contributed by atoms with Crippen LogP contribution < -0.4 is 10.6 Å². The van der Waals surface area contributed by atoms with E-state index in [1.165, 1.54) is 5.38 Å². The molecule has 2 rings (SSSR count). The molecule has 0 spiro atoms. The number of anilines is 1. The van der Waals surface area contributed by atoms with Gasteiger partial charge in [0.2, 0.25) is 12.1 Å². The zero-order valence-corrected chi connectivity index (χ0v) is 17.6. The van der Waals surface area contributed by atoms with Crippen LogP contribution in [0.3, 0.4) is 0 Å². The number of oxime groups is 1. The Hall–Kier alpha value is -2.82. The average molecular weight is 484 g/mol. The summed E-state index contributed by atoms with van der Waals surface area (Å²) in [6.07, 6.45) is -1.80. The zero-order chi connectivity index (χ0) is 22.6. The molecule has 1 saturated heterocycles. The van der Waals surface area contributed by atoms with Gasteiger partial charge in [0.15, 0.2) is 16.9 Å². The van der Waals surface area contributed by atoms with Crippen molar-refractivity contribution in [3.63, 3.8) is 0 Å². The fraction of sp³-hybridized carbons (Fsp3) is 0.385. The Labute approximate surface area is 178 Å². The van der Waals surface area contributed by atoms with Gasteiger partial charge in [0.25, 0.3) is 11.8 Å². The van der Waals surface area contributed by atoms with Crippen molar-refractivity contribution >= 4 is 67.8 Å². The van der Waals surface area contributed by atoms with E-state index in [0.29, 0.717) is 0 Å². The molecular formula is C13H14ClN5O9S2. The first-order valence-electron chi connectivity index (χ1n) is 7.71. The van der Waals surface area contributed by atoms with Crippen LogP contribution in [0.5, 0.6) is 0 Å². The van der Waals surface area contributed by atoms with E-state index in [2.05, 4.69) is 30.3 Å². The maximum absolute atomic E-state index is 12.6. The molecule has 17 heteroatoms. The van der Waals surface area contributed by atoms with Crippen molar-refractivity contribution in [2.24, 2.45) is 5.16 Å². The smallest absolute Gasteiger partial charge is 0.365 e. The number of alkyl halides is 1. The van der Waals surface area contributed by atoms with E-state index >= 15 is 0 Å². The largest absolute Gasteiger partial charge is 0.438 e. The van der Waals surface area contributed by atoms with E-state index in [9.17, 15) is 27.6 Å². The number of carbonyl (C=O) groups excluding carboxylic acids is 4. The maximum Gasteiger partial charge on any atom is 0.365 e. The molecular weight excluding hydrogens is 470 g/mol. The topological polar surface area (TPSA) is 194 Å². The number of thiazole rings is 1. The van der Waals surface area contributed by atoms with Crippen LogP contribution in [0.1, 0.15) is 12.6 Å². The molecule has 0 aromatic carbocycles. The monoisotopic (exact) mass is 483 g/mol. The van der Waals surface area contributed by atoms with Crippen LogP contribution in [0, 0.1) is 0 Å². The fourth-order valence-electron chi connectivity index (χ4n) is 2.20. The summed E-state index contributed by atoms with van der Waals surface area (Å²) in [5.74, 6) is -4.11. The van der Waals surface area contributed by atoms with Crippen LogP contribution in [0.2, 0.25) is 0 Å². The minimum atomic E-state index is -5.03. The van der Waals surface area contributed by atoms with Crippen LogP contribution in [0.4, 0.5) is 5.13 Å². The number of esters is 1. The molecule has 0 unspecified atom stereocenters. The van der Waals surface area contributed by atoms with Gasteiger partial charge in [-0.15, -0.1) is 22.9 Å². The first-order valence-corrected chi connectivity index (χ1v) is 10.5. The highest BCUT2D eigenvalue weighted by atomic mass is 35.5. The number of nitrogens with zero attached hydrogens (tertiary/aromatic N) is 3. The minimum absolute atomic E-state index is 0.0494. The molecule has 0 bridgehead atoms. The zero-order valence-electron chi connectivity index (χ0n) is 15.2. The second kappa shape index (κ2) is 9.33. The summed E-state index contributed by atoms with van der Waals surface area (Å²) < 4.78 is 36.2. The highest BCUT2D eigenvalue weighted by Gasteiger charge is 2.56. The highest BCUT2D eigenvalue weighted by molar-refractivity contribution is 7.84. The highest BCUT2D eigenvalue weighted by Crippen LogP contribution is 2.25. The van der Waals surface area contributed by atoms with Crippen LogP contribution in [0.25, 0.3) is 0 Å². The van der Waals surface area contributed by atoms with E-state index in [0.717, 1.165) is 25.4 Å². The van der Waals surface area contributed by atoms with E-state index in [1.807, 2.05) is 0 Å². The molecule has 1 fully saturated rings. The van der Waals surface area contributed by atoms with Gasteiger partial charge in [0.1, 0.15) is 18.7 Å². The summed E-state index contributed by atoms with van der Waals surface area (Å²) >= 11 is 6.32. The quantitative estimate of drug-likeness (QED) is 0.0997. The molecule has 1 aliphatic rings. The third-order valence-electron chi connectivity index (χ3n) is 3.33. The molecule has 164 valence electrons. The van der Waals surface area contributed by atoms with E-state index < -0.39 is 52.0 Å². The number of hydrogen-bond acceptors (Lipinski definition) is 11. The number of β-lactam (4-membered cyclic amide) rings is 1. The van der Waals surface area contributed by atoms with Gasteiger partial charge in [-0.3, -0.25) is 23.7 Å². The molecule has 1 aromatic heterocycles. The van der Waals surface area contributed by atoms with Crippen LogP contribution in [-0.2, 0) is 39.1 Å². The Morgan fingerprint density at radius 3 is 2.63 bits per heavy atom. The third-order valence-corrected chi connectivity index (χ3v) is 5.22. The Balaban J connectivity index is 2.22. The Kier molecular flexibility index (Phi) is 7.30. The van der Waals surface area contributed by atoms with Crippen molar-refractivity contribution in [3.8, 4) is 0 Å². The Bertz CT molecular complexity index is 1010. The average Bonchev–Trinajstić information content (AvgIpc) is 3.09. The summed E-state index contributed by atoms with van der Waals surface area (Å²) in [6, 6.07) is -1.63. The van der Waals surface area contributed by atoms with Crippen LogP contribution in [0.15, 0.2) is 10.5 Å². The van der Waals surface area contributed by atoms with Gasteiger partial charge in [-0.1, -0.05) is 5.16 Å². The SMILES string of the molecule is CON=C(C(=O)N[C@@H]1C(=O)N(S(=O)(=O)O)[C@H]1OC(C)=O)c1csc(NC(=O)CCl)n1. The molecule has 30 heavy (non-hydrogen) atoms. The summed E-state index contributed by atoms with van der Waals surface area (Å²) in [4.78, 5) is 55.7. The second-order valence-electron chi connectivity index (χ2n) is 5.41. The first-order chi connectivity index (χ1) is 14.0. The molecule has 1 aromatic rings.